The number of nitrogens with zero attached hydrogens (tertiary/aromatic N) is 3. The van der Waals surface area contributed by atoms with Gasteiger partial charge in [0.15, 0.2) is 8.32 Å². The number of fused-ring (bicyclic) bond motifs is 1. The van der Waals surface area contributed by atoms with Crippen LogP contribution >= 0.6 is 11.6 Å². The molecule has 0 radical (unpaired) electrons. The van der Waals surface area contributed by atoms with Crippen molar-refractivity contribution >= 4 is 31.9 Å². The summed E-state index contributed by atoms with van der Waals surface area (Å²) in [5.74, 6) is 0.0859. The van der Waals surface area contributed by atoms with E-state index in [-0.39, 0.29) is 28.7 Å². The predicted octanol–water partition coefficient (Wildman–Crippen LogP) is 5.69. The maximum absolute atomic E-state index is 13.9. The van der Waals surface area contributed by atoms with Crippen LogP contribution in [0.1, 0.15) is 56.5 Å². The van der Waals surface area contributed by atoms with Crippen molar-refractivity contribution in [1.29, 1.82) is 0 Å². The van der Waals surface area contributed by atoms with Crippen LogP contribution in [0.15, 0.2) is 24.4 Å². The van der Waals surface area contributed by atoms with E-state index in [2.05, 4.69) is 49.5 Å². The van der Waals surface area contributed by atoms with Gasteiger partial charge in [-0.3, -0.25) is 0 Å². The maximum Gasteiger partial charge on any atom is 0.318 e. The third-order valence-electron chi connectivity index (χ3n) is 7.85. The number of carbonyl (C=O) groups is 1. The minimum atomic E-state index is -2.09. The molecule has 1 fully saturated rings. The summed E-state index contributed by atoms with van der Waals surface area (Å²) < 4.78 is 25.8. The van der Waals surface area contributed by atoms with E-state index in [1.165, 1.54) is 6.07 Å². The Morgan fingerprint density at radius 2 is 2.05 bits per heavy atom. The van der Waals surface area contributed by atoms with Gasteiger partial charge in [-0.25, -0.2) is 19.2 Å². The first kappa shape index (κ1) is 28.7. The fourth-order valence-corrected chi connectivity index (χ4v) is 5.47. The van der Waals surface area contributed by atoms with Crippen LogP contribution in [0.25, 0.3) is 0 Å². The highest BCUT2D eigenvalue weighted by molar-refractivity contribution is 6.74. The van der Waals surface area contributed by atoms with E-state index in [0.29, 0.717) is 31.0 Å². The molecule has 2 N–H and O–H groups in total. The predicted molar refractivity (Wildman–Crippen MR) is 149 cm³/mol. The van der Waals surface area contributed by atoms with Gasteiger partial charge in [0, 0.05) is 32.0 Å². The molecule has 8 nitrogen and oxygen atoms in total. The number of rotatable bonds is 7. The first-order valence-electron chi connectivity index (χ1n) is 13.3. The van der Waals surface area contributed by atoms with E-state index in [4.69, 9.17) is 25.7 Å². The second-order valence-corrected chi connectivity index (χ2v) is 16.8. The molecular formula is C27H39ClFN5O3Si. The average molecular weight is 564 g/mol. The molecule has 0 bridgehead atoms. The summed E-state index contributed by atoms with van der Waals surface area (Å²) in [6.07, 6.45) is 4.37. The molecule has 1 aromatic carbocycles. The Labute approximate surface area is 230 Å². The van der Waals surface area contributed by atoms with Crippen LogP contribution in [0.5, 0.6) is 0 Å². The lowest BCUT2D eigenvalue weighted by molar-refractivity contribution is 0.0903. The van der Waals surface area contributed by atoms with Crippen molar-refractivity contribution in [2.45, 2.75) is 76.8 Å². The van der Waals surface area contributed by atoms with Crippen molar-refractivity contribution in [1.82, 2.24) is 20.2 Å². The summed E-state index contributed by atoms with van der Waals surface area (Å²) in [6, 6.07) is 4.11. The number of urea groups is 1. The van der Waals surface area contributed by atoms with Crippen molar-refractivity contribution in [2.75, 3.05) is 31.7 Å². The van der Waals surface area contributed by atoms with Gasteiger partial charge in [0.2, 0.25) is 5.95 Å². The number of nitrogens with one attached hydrogen (secondary N) is 2. The Balaban J connectivity index is 1.46. The van der Waals surface area contributed by atoms with Gasteiger partial charge in [0.1, 0.15) is 5.82 Å². The standard InChI is InChI=1S/C27H39ClFN5O3Si/c1-27(2,3)38(4,5)37-17-24(18-6-7-22(29)21(28)14-18)33-26(35)34-11-8-19-15-30-25(32-23(19)16-34)31-20-9-12-36-13-10-20/h6-7,14-15,20,24H,8-13,16-17H2,1-5H3,(H,33,35)(H,30,31,32). The number of hydrogen-bond acceptors (Lipinski definition) is 6. The van der Waals surface area contributed by atoms with Gasteiger partial charge in [0.05, 0.1) is 29.9 Å². The van der Waals surface area contributed by atoms with E-state index in [1.54, 1.807) is 17.0 Å². The van der Waals surface area contributed by atoms with Gasteiger partial charge >= 0.3 is 6.03 Å². The largest absolute Gasteiger partial charge is 0.414 e. The van der Waals surface area contributed by atoms with Crippen LogP contribution in [-0.2, 0) is 22.1 Å². The van der Waals surface area contributed by atoms with Crippen LogP contribution in [0, 0.1) is 5.82 Å². The van der Waals surface area contributed by atoms with Gasteiger partial charge in [-0.05, 0) is 60.7 Å². The number of benzene rings is 1. The summed E-state index contributed by atoms with van der Waals surface area (Å²) in [5.41, 5.74) is 2.59. The fourth-order valence-electron chi connectivity index (χ4n) is 4.27. The third kappa shape index (κ3) is 7.02. The van der Waals surface area contributed by atoms with Crippen LogP contribution in [0.2, 0.25) is 23.2 Å². The van der Waals surface area contributed by atoms with Crippen LogP contribution in [-0.4, -0.2) is 61.6 Å². The van der Waals surface area contributed by atoms with E-state index in [0.717, 1.165) is 37.3 Å². The first-order valence-corrected chi connectivity index (χ1v) is 16.5. The van der Waals surface area contributed by atoms with Gasteiger partial charge in [-0.15, -0.1) is 0 Å². The van der Waals surface area contributed by atoms with Gasteiger partial charge in [-0.2, -0.15) is 0 Å². The van der Waals surface area contributed by atoms with E-state index < -0.39 is 20.2 Å². The molecule has 0 saturated carbocycles. The zero-order valence-corrected chi connectivity index (χ0v) is 24.7. The molecule has 1 saturated heterocycles. The first-order chi connectivity index (χ1) is 17.9. The van der Waals surface area contributed by atoms with Crippen LogP contribution in [0.4, 0.5) is 15.1 Å². The molecule has 2 aliphatic rings. The number of ether oxygens (including phenoxy) is 1. The van der Waals surface area contributed by atoms with Crippen molar-refractivity contribution in [3.8, 4) is 0 Å². The van der Waals surface area contributed by atoms with Gasteiger partial charge in [0.25, 0.3) is 0 Å². The molecule has 1 unspecified atom stereocenters. The summed E-state index contributed by atoms with van der Waals surface area (Å²) in [4.78, 5) is 24.4. The van der Waals surface area contributed by atoms with Crippen molar-refractivity contribution in [3.05, 3.63) is 52.1 Å². The summed E-state index contributed by atoms with van der Waals surface area (Å²) >= 11 is 6.09. The van der Waals surface area contributed by atoms with Crippen molar-refractivity contribution in [3.63, 3.8) is 0 Å². The highest BCUT2D eigenvalue weighted by Gasteiger charge is 2.38. The molecule has 4 rings (SSSR count). The second-order valence-electron chi connectivity index (χ2n) is 11.6. The molecule has 2 aliphatic heterocycles. The molecule has 208 valence electrons. The number of hydrogen-bond donors (Lipinski definition) is 2. The number of carbonyl (C=O) groups excluding carboxylic acids is 1. The minimum Gasteiger partial charge on any atom is -0.414 e. The SMILES string of the molecule is CC(C)(C)[Si](C)(C)OCC(NC(=O)N1CCc2cnc(NC3CCOCC3)nc2C1)c1ccc(F)c(Cl)c1. The second kappa shape index (κ2) is 11.9. The zero-order valence-electron chi connectivity index (χ0n) is 22.9. The van der Waals surface area contributed by atoms with Gasteiger partial charge < -0.3 is 24.7 Å². The van der Waals surface area contributed by atoms with E-state index in [1.807, 2.05) is 6.20 Å². The molecule has 3 heterocycles. The van der Waals surface area contributed by atoms with Crippen molar-refractivity contribution < 1.29 is 18.3 Å². The Morgan fingerprint density at radius 3 is 2.74 bits per heavy atom. The number of anilines is 1. The van der Waals surface area contributed by atoms with Gasteiger partial charge in [-0.1, -0.05) is 38.4 Å². The normalized spacial score (nSPS) is 17.6. The Bertz CT molecular complexity index is 1140. The molecule has 38 heavy (non-hydrogen) atoms. The Hall–Kier alpha value is -2.27. The lowest BCUT2D eigenvalue weighted by Gasteiger charge is -2.38. The van der Waals surface area contributed by atoms with E-state index >= 15 is 0 Å². The molecular weight excluding hydrogens is 525 g/mol. The quantitative estimate of drug-likeness (QED) is 0.421. The summed E-state index contributed by atoms with van der Waals surface area (Å²) in [6.45, 7) is 13.5. The smallest absolute Gasteiger partial charge is 0.318 e. The monoisotopic (exact) mass is 563 g/mol. The molecule has 2 aromatic rings. The van der Waals surface area contributed by atoms with Crippen LogP contribution < -0.4 is 10.6 Å². The summed E-state index contributed by atoms with van der Waals surface area (Å²) in [7, 11) is -2.09. The van der Waals surface area contributed by atoms with Crippen molar-refractivity contribution in [2.24, 2.45) is 0 Å². The lowest BCUT2D eigenvalue weighted by Crippen LogP contribution is -2.47. The molecule has 0 aliphatic carbocycles. The zero-order chi connectivity index (χ0) is 27.5. The topological polar surface area (TPSA) is 88.6 Å². The number of aromatic nitrogens is 2. The van der Waals surface area contributed by atoms with Crippen LogP contribution in [0.3, 0.4) is 0 Å². The molecule has 1 aromatic heterocycles. The minimum absolute atomic E-state index is 0.00861. The molecule has 0 spiro atoms. The Kier molecular flexibility index (Phi) is 8.96. The maximum atomic E-state index is 13.9. The summed E-state index contributed by atoms with van der Waals surface area (Å²) in [5, 5.41) is 6.54. The molecule has 1 atom stereocenters. The fraction of sp³-hybridized carbons (Fsp3) is 0.593. The highest BCUT2D eigenvalue weighted by Crippen LogP contribution is 2.37. The average Bonchev–Trinajstić information content (AvgIpc) is 2.87. The number of halogens is 2. The van der Waals surface area contributed by atoms with E-state index in [9.17, 15) is 9.18 Å². The lowest BCUT2D eigenvalue weighted by atomic mass is 10.1. The molecule has 11 heteroatoms. The Morgan fingerprint density at radius 1 is 1.32 bits per heavy atom. The third-order valence-corrected chi connectivity index (χ3v) is 12.6. The number of amides is 2. The molecule has 2 amide bonds. The highest BCUT2D eigenvalue weighted by atomic mass is 35.5.